The van der Waals surface area contributed by atoms with Crippen LogP contribution in [0.25, 0.3) is 0 Å². The first kappa shape index (κ1) is 17.8. The third kappa shape index (κ3) is 4.73. The lowest BCUT2D eigenvalue weighted by Gasteiger charge is -2.22. The average Bonchev–Trinajstić information content (AvgIpc) is 2.60. The van der Waals surface area contributed by atoms with Gasteiger partial charge in [0.15, 0.2) is 0 Å². The molecule has 0 atom stereocenters. The maximum absolute atomic E-state index is 12.7. The number of anilines is 1. The van der Waals surface area contributed by atoms with Gasteiger partial charge in [-0.05, 0) is 30.2 Å². The molecule has 0 spiro atoms. The second-order valence-electron chi connectivity index (χ2n) is 5.54. The number of aliphatic hydroxyl groups excluding tert-OH is 1. The molecule has 3 N–H and O–H groups in total. The molecule has 0 aromatic heterocycles. The number of benzene rings is 2. The zero-order valence-corrected chi connectivity index (χ0v) is 13.9. The topological polar surface area (TPSA) is 75.8 Å². The predicted molar refractivity (Wildman–Crippen MR) is 94.9 cm³/mol. The fraction of sp³-hybridized carbons (Fsp3) is 0.316. The number of nitrogen functional groups attached to an aromatic ring is 1. The van der Waals surface area contributed by atoms with Crippen molar-refractivity contribution in [1.82, 2.24) is 4.90 Å². The Balaban J connectivity index is 2.15. The van der Waals surface area contributed by atoms with Crippen LogP contribution in [0.15, 0.2) is 48.5 Å². The molecule has 0 saturated heterocycles. The summed E-state index contributed by atoms with van der Waals surface area (Å²) in [6.07, 6.45) is 0.890. The molecule has 0 bridgehead atoms. The van der Waals surface area contributed by atoms with Crippen molar-refractivity contribution in [1.29, 1.82) is 0 Å². The average molecular weight is 328 g/mol. The van der Waals surface area contributed by atoms with E-state index in [0.29, 0.717) is 30.2 Å². The minimum Gasteiger partial charge on any atom is -0.491 e. The molecule has 0 fully saturated rings. The molecule has 2 aromatic carbocycles. The van der Waals surface area contributed by atoms with Crippen molar-refractivity contribution in [2.24, 2.45) is 0 Å². The highest BCUT2D eigenvalue weighted by Gasteiger charge is 2.17. The van der Waals surface area contributed by atoms with E-state index in [9.17, 15) is 9.90 Å². The number of amides is 1. The standard InChI is InChI=1S/C19H24N2O3/c1-2-12-24-18-9-8-16(13-17(18)20)19(23)21(10-11-22)14-15-6-4-3-5-7-15/h3-9,13,22H,2,10-12,14,20H2,1H3. The Kier molecular flexibility index (Phi) is 6.63. The van der Waals surface area contributed by atoms with E-state index in [1.807, 2.05) is 37.3 Å². The maximum atomic E-state index is 12.7. The highest BCUT2D eigenvalue weighted by atomic mass is 16.5. The summed E-state index contributed by atoms with van der Waals surface area (Å²) in [5.41, 5.74) is 7.92. The highest BCUT2D eigenvalue weighted by molar-refractivity contribution is 5.95. The van der Waals surface area contributed by atoms with Crippen molar-refractivity contribution in [2.75, 3.05) is 25.5 Å². The maximum Gasteiger partial charge on any atom is 0.254 e. The van der Waals surface area contributed by atoms with Crippen molar-refractivity contribution in [2.45, 2.75) is 19.9 Å². The van der Waals surface area contributed by atoms with Crippen LogP contribution in [0.3, 0.4) is 0 Å². The molecule has 128 valence electrons. The highest BCUT2D eigenvalue weighted by Crippen LogP contribution is 2.23. The van der Waals surface area contributed by atoms with Crippen molar-refractivity contribution < 1.29 is 14.6 Å². The lowest BCUT2D eigenvalue weighted by molar-refractivity contribution is 0.0708. The van der Waals surface area contributed by atoms with E-state index < -0.39 is 0 Å². The number of hydrogen-bond donors (Lipinski definition) is 2. The molecule has 0 unspecified atom stereocenters. The van der Waals surface area contributed by atoms with E-state index in [1.165, 1.54) is 0 Å². The van der Waals surface area contributed by atoms with Gasteiger partial charge in [-0.25, -0.2) is 0 Å². The van der Waals surface area contributed by atoms with Crippen LogP contribution in [-0.2, 0) is 6.54 Å². The zero-order valence-electron chi connectivity index (χ0n) is 13.9. The van der Waals surface area contributed by atoms with Crippen LogP contribution in [0, 0.1) is 0 Å². The van der Waals surface area contributed by atoms with Gasteiger partial charge in [0.05, 0.1) is 18.9 Å². The molecule has 0 saturated carbocycles. The second-order valence-corrected chi connectivity index (χ2v) is 5.54. The molecule has 0 heterocycles. The lowest BCUT2D eigenvalue weighted by Crippen LogP contribution is -2.33. The predicted octanol–water partition coefficient (Wildman–Crippen LogP) is 2.69. The molecule has 24 heavy (non-hydrogen) atoms. The van der Waals surface area contributed by atoms with Gasteiger partial charge >= 0.3 is 0 Å². The Labute approximate surface area is 142 Å². The number of nitrogens with zero attached hydrogens (tertiary/aromatic N) is 1. The van der Waals surface area contributed by atoms with Crippen LogP contribution in [0.4, 0.5) is 5.69 Å². The van der Waals surface area contributed by atoms with Gasteiger partial charge in [-0.1, -0.05) is 37.3 Å². The van der Waals surface area contributed by atoms with Crippen LogP contribution in [0.2, 0.25) is 0 Å². The fourth-order valence-electron chi connectivity index (χ4n) is 2.38. The van der Waals surface area contributed by atoms with Crippen molar-refractivity contribution in [3.05, 3.63) is 59.7 Å². The van der Waals surface area contributed by atoms with Gasteiger partial charge in [0, 0.05) is 18.7 Å². The Morgan fingerprint density at radius 2 is 1.96 bits per heavy atom. The van der Waals surface area contributed by atoms with E-state index in [4.69, 9.17) is 10.5 Å². The van der Waals surface area contributed by atoms with Gasteiger partial charge in [-0.2, -0.15) is 0 Å². The number of hydrogen-bond acceptors (Lipinski definition) is 4. The van der Waals surface area contributed by atoms with Crippen LogP contribution in [0.5, 0.6) is 5.75 Å². The monoisotopic (exact) mass is 328 g/mol. The summed E-state index contributed by atoms with van der Waals surface area (Å²) in [4.78, 5) is 14.3. The first-order valence-electron chi connectivity index (χ1n) is 8.12. The number of rotatable bonds is 8. The molecule has 0 radical (unpaired) electrons. The number of aliphatic hydroxyl groups is 1. The summed E-state index contributed by atoms with van der Waals surface area (Å²) in [7, 11) is 0. The van der Waals surface area contributed by atoms with Crippen LogP contribution >= 0.6 is 0 Å². The lowest BCUT2D eigenvalue weighted by atomic mass is 10.1. The summed E-state index contributed by atoms with van der Waals surface area (Å²) in [5.74, 6) is 0.423. The molecule has 2 aromatic rings. The van der Waals surface area contributed by atoms with Gasteiger partial charge in [-0.15, -0.1) is 0 Å². The Morgan fingerprint density at radius 1 is 1.21 bits per heavy atom. The number of carbonyl (C=O) groups excluding carboxylic acids is 1. The van der Waals surface area contributed by atoms with E-state index in [2.05, 4.69) is 0 Å². The summed E-state index contributed by atoms with van der Waals surface area (Å²) in [5, 5.41) is 9.27. The van der Waals surface area contributed by atoms with Gasteiger partial charge in [-0.3, -0.25) is 4.79 Å². The van der Waals surface area contributed by atoms with Gasteiger partial charge < -0.3 is 20.5 Å². The Hall–Kier alpha value is -2.53. The minimum atomic E-state index is -0.165. The SMILES string of the molecule is CCCOc1ccc(C(=O)N(CCO)Cc2ccccc2)cc1N. The van der Waals surface area contributed by atoms with Crippen molar-refractivity contribution in [3.63, 3.8) is 0 Å². The molecule has 0 aliphatic carbocycles. The van der Waals surface area contributed by atoms with E-state index in [-0.39, 0.29) is 19.1 Å². The van der Waals surface area contributed by atoms with Gasteiger partial charge in [0.1, 0.15) is 5.75 Å². The largest absolute Gasteiger partial charge is 0.491 e. The Morgan fingerprint density at radius 3 is 2.58 bits per heavy atom. The van der Waals surface area contributed by atoms with E-state index >= 15 is 0 Å². The van der Waals surface area contributed by atoms with Crippen LogP contribution in [-0.4, -0.2) is 35.7 Å². The minimum absolute atomic E-state index is 0.0915. The van der Waals surface area contributed by atoms with Crippen molar-refractivity contribution >= 4 is 11.6 Å². The molecule has 5 nitrogen and oxygen atoms in total. The quantitative estimate of drug-likeness (QED) is 0.731. The zero-order chi connectivity index (χ0) is 17.4. The van der Waals surface area contributed by atoms with E-state index in [0.717, 1.165) is 12.0 Å². The summed E-state index contributed by atoms with van der Waals surface area (Å²) >= 11 is 0. The van der Waals surface area contributed by atoms with Gasteiger partial charge in [0.25, 0.3) is 5.91 Å². The third-order valence-corrected chi connectivity index (χ3v) is 3.59. The first-order valence-corrected chi connectivity index (χ1v) is 8.12. The fourth-order valence-corrected chi connectivity index (χ4v) is 2.38. The molecule has 0 aliphatic rings. The Bertz CT molecular complexity index is 659. The van der Waals surface area contributed by atoms with Crippen molar-refractivity contribution in [3.8, 4) is 5.75 Å². The van der Waals surface area contributed by atoms with Gasteiger partial charge in [0.2, 0.25) is 0 Å². The summed E-state index contributed by atoms with van der Waals surface area (Å²) < 4.78 is 5.53. The smallest absolute Gasteiger partial charge is 0.254 e. The molecule has 1 amide bonds. The number of ether oxygens (including phenoxy) is 1. The molecule has 2 rings (SSSR count). The number of nitrogens with two attached hydrogens (primary N) is 1. The molecule has 5 heteroatoms. The number of carbonyl (C=O) groups is 1. The normalized spacial score (nSPS) is 10.4. The van der Waals surface area contributed by atoms with Crippen LogP contribution < -0.4 is 10.5 Å². The van der Waals surface area contributed by atoms with Crippen LogP contribution in [0.1, 0.15) is 29.3 Å². The first-order chi connectivity index (χ1) is 11.7. The summed E-state index contributed by atoms with van der Waals surface area (Å²) in [6, 6.07) is 14.7. The second kappa shape index (κ2) is 8.93. The third-order valence-electron chi connectivity index (χ3n) is 3.59. The molecular weight excluding hydrogens is 304 g/mol. The summed E-state index contributed by atoms with van der Waals surface area (Å²) in [6.45, 7) is 3.22. The van der Waals surface area contributed by atoms with E-state index in [1.54, 1.807) is 23.1 Å². The molecule has 0 aliphatic heterocycles. The molecular formula is C19H24N2O3.